The Morgan fingerprint density at radius 2 is 2.00 bits per heavy atom. The zero-order valence-corrected chi connectivity index (χ0v) is 9.89. The summed E-state index contributed by atoms with van der Waals surface area (Å²) in [5.74, 6) is 0.446. The van der Waals surface area contributed by atoms with Gasteiger partial charge in [-0.05, 0) is 0 Å². The van der Waals surface area contributed by atoms with Crippen LogP contribution in [0.15, 0.2) is 6.07 Å². The Kier molecular flexibility index (Phi) is 9.19. The van der Waals surface area contributed by atoms with Crippen LogP contribution in [0.3, 0.4) is 0 Å². The number of anilines is 1. The molecule has 0 aliphatic heterocycles. The fourth-order valence-corrected chi connectivity index (χ4v) is 0.445. The Bertz CT molecular complexity index is 174. The summed E-state index contributed by atoms with van der Waals surface area (Å²) in [6, 6.07) is 1.72. The van der Waals surface area contributed by atoms with E-state index in [1.807, 2.05) is 20.8 Å². The maximum absolute atomic E-state index is 5.26. The van der Waals surface area contributed by atoms with Crippen LogP contribution < -0.4 is 5.73 Å². The SMILES string of the molecule is CC.Cc1[c-]nnc(N)c1.[W]. The Balaban J connectivity index is 0. The van der Waals surface area contributed by atoms with Crippen molar-refractivity contribution in [1.82, 2.24) is 10.2 Å². The van der Waals surface area contributed by atoms with Gasteiger partial charge in [-0.25, -0.2) is 0 Å². The van der Waals surface area contributed by atoms with Crippen LogP contribution in [0.25, 0.3) is 0 Å². The van der Waals surface area contributed by atoms with E-state index in [0.717, 1.165) is 5.56 Å². The molecule has 4 heteroatoms. The predicted molar refractivity (Wildman–Crippen MR) is 41.4 cm³/mol. The van der Waals surface area contributed by atoms with Crippen LogP contribution >= 0.6 is 0 Å². The number of hydrogen-bond acceptors (Lipinski definition) is 3. The van der Waals surface area contributed by atoms with E-state index in [9.17, 15) is 0 Å². The van der Waals surface area contributed by atoms with Crippen molar-refractivity contribution < 1.29 is 21.1 Å². The number of aromatic nitrogens is 2. The third-order valence-electron chi connectivity index (χ3n) is 0.756. The van der Waals surface area contributed by atoms with Gasteiger partial charge < -0.3 is 5.73 Å². The smallest absolute Gasteiger partial charge is 0.0616 e. The van der Waals surface area contributed by atoms with Crippen molar-refractivity contribution in [2.24, 2.45) is 0 Å². The van der Waals surface area contributed by atoms with Gasteiger partial charge in [0.05, 0.1) is 5.82 Å². The van der Waals surface area contributed by atoms with E-state index in [2.05, 4.69) is 16.4 Å². The summed E-state index contributed by atoms with van der Waals surface area (Å²) in [5, 5.41) is 7.00. The van der Waals surface area contributed by atoms with E-state index in [1.54, 1.807) is 6.07 Å². The van der Waals surface area contributed by atoms with Crippen LogP contribution in [-0.4, -0.2) is 10.2 Å². The Morgan fingerprint density at radius 1 is 1.45 bits per heavy atom. The summed E-state index contributed by atoms with van der Waals surface area (Å²) in [6.07, 6.45) is 2.63. The molecule has 1 aromatic rings. The van der Waals surface area contributed by atoms with Crippen LogP contribution in [0.1, 0.15) is 19.4 Å². The van der Waals surface area contributed by atoms with Gasteiger partial charge >= 0.3 is 0 Å². The molecule has 0 amide bonds. The van der Waals surface area contributed by atoms with Crippen LogP contribution in [-0.2, 0) is 21.1 Å². The Morgan fingerprint density at radius 3 is 2.27 bits per heavy atom. The maximum Gasteiger partial charge on any atom is 0.0616 e. The van der Waals surface area contributed by atoms with E-state index in [4.69, 9.17) is 5.73 Å². The summed E-state index contributed by atoms with van der Waals surface area (Å²) >= 11 is 0. The molecule has 0 aliphatic rings. The third-order valence-corrected chi connectivity index (χ3v) is 0.756. The van der Waals surface area contributed by atoms with E-state index in [1.165, 1.54) is 0 Å². The van der Waals surface area contributed by atoms with Crippen molar-refractivity contribution in [3.8, 4) is 0 Å². The normalized spacial score (nSPS) is 7.18. The average Bonchev–Trinajstić information content (AvgIpc) is 1.91. The van der Waals surface area contributed by atoms with Crippen LogP contribution in [0.5, 0.6) is 0 Å². The number of nitrogens with two attached hydrogens (primary N) is 1. The van der Waals surface area contributed by atoms with Crippen LogP contribution in [0.4, 0.5) is 5.82 Å². The second-order valence-electron chi connectivity index (χ2n) is 1.56. The summed E-state index contributed by atoms with van der Waals surface area (Å²) in [7, 11) is 0. The minimum absolute atomic E-state index is 0. The molecule has 0 aliphatic carbocycles. The summed E-state index contributed by atoms with van der Waals surface area (Å²) < 4.78 is 0. The monoisotopic (exact) mass is 322 g/mol. The molecule has 0 radical (unpaired) electrons. The van der Waals surface area contributed by atoms with Crippen molar-refractivity contribution in [3.05, 3.63) is 17.8 Å². The predicted octanol–water partition coefficient (Wildman–Crippen LogP) is 1.19. The largest absolute Gasteiger partial charge is 0.397 e. The molecule has 0 unspecified atom stereocenters. The second-order valence-corrected chi connectivity index (χ2v) is 1.56. The minimum atomic E-state index is 0. The molecule has 0 aromatic carbocycles. The van der Waals surface area contributed by atoms with Crippen molar-refractivity contribution in [2.45, 2.75) is 20.8 Å². The van der Waals surface area contributed by atoms with Crippen molar-refractivity contribution in [1.29, 1.82) is 0 Å². The zero-order valence-electron chi connectivity index (χ0n) is 6.96. The molecule has 0 spiro atoms. The topological polar surface area (TPSA) is 51.8 Å². The van der Waals surface area contributed by atoms with E-state index < -0.39 is 0 Å². The molecule has 1 rings (SSSR count). The van der Waals surface area contributed by atoms with Gasteiger partial charge in [0.25, 0.3) is 0 Å². The molecule has 0 bridgehead atoms. The first-order chi connectivity index (χ1) is 4.79. The van der Waals surface area contributed by atoms with E-state index >= 15 is 0 Å². The zero-order chi connectivity index (χ0) is 7.98. The molecule has 62 valence electrons. The fourth-order valence-electron chi connectivity index (χ4n) is 0.445. The van der Waals surface area contributed by atoms with Crippen LogP contribution in [0.2, 0.25) is 0 Å². The second kappa shape index (κ2) is 7.67. The number of nitrogens with zero attached hydrogens (tertiary/aromatic N) is 2. The first-order valence-electron chi connectivity index (χ1n) is 3.26. The van der Waals surface area contributed by atoms with Gasteiger partial charge in [-0.2, -0.15) is 16.7 Å². The quantitative estimate of drug-likeness (QED) is 0.730. The van der Waals surface area contributed by atoms with Gasteiger partial charge in [0.1, 0.15) is 0 Å². The van der Waals surface area contributed by atoms with Crippen molar-refractivity contribution in [3.63, 3.8) is 0 Å². The third kappa shape index (κ3) is 5.99. The summed E-state index contributed by atoms with van der Waals surface area (Å²) in [4.78, 5) is 0. The molecule has 11 heavy (non-hydrogen) atoms. The van der Waals surface area contributed by atoms with Crippen molar-refractivity contribution >= 4 is 5.82 Å². The number of hydrogen-bond donors (Lipinski definition) is 1. The van der Waals surface area contributed by atoms with Gasteiger partial charge in [0.15, 0.2) is 0 Å². The van der Waals surface area contributed by atoms with Gasteiger partial charge in [-0.15, -0.1) is 6.20 Å². The van der Waals surface area contributed by atoms with Gasteiger partial charge in [-0.3, -0.25) is 5.10 Å². The molecular formula is C7H12N3W-. The molecule has 1 heterocycles. The number of nitrogen functional groups attached to an aromatic ring is 1. The number of rotatable bonds is 0. The minimum Gasteiger partial charge on any atom is -0.397 e. The average molecular weight is 322 g/mol. The van der Waals surface area contributed by atoms with E-state index in [0.29, 0.717) is 5.82 Å². The van der Waals surface area contributed by atoms with Gasteiger partial charge in [0, 0.05) is 21.1 Å². The molecular weight excluding hydrogens is 310 g/mol. The summed E-state index contributed by atoms with van der Waals surface area (Å²) in [6.45, 7) is 5.87. The molecule has 0 atom stereocenters. The fraction of sp³-hybridized carbons (Fsp3) is 0.429. The molecule has 0 fully saturated rings. The number of aryl methyl sites for hydroxylation is 1. The summed E-state index contributed by atoms with van der Waals surface area (Å²) in [5.41, 5.74) is 6.18. The first kappa shape index (κ1) is 13.2. The molecule has 1 aromatic heterocycles. The molecule has 3 nitrogen and oxygen atoms in total. The first-order valence-corrected chi connectivity index (χ1v) is 3.26. The molecule has 0 saturated carbocycles. The van der Waals surface area contributed by atoms with Crippen molar-refractivity contribution in [2.75, 3.05) is 5.73 Å². The molecule has 0 saturated heterocycles. The maximum atomic E-state index is 5.26. The van der Waals surface area contributed by atoms with Gasteiger partial charge in [0.2, 0.25) is 0 Å². The Hall–Kier alpha value is -0.432. The standard InChI is InChI=1S/C5H6N3.C2H6.W/c1-4-2-5(6)8-7-3-4;1-2;/h2H,1H3,(H2,6,8);1-2H3;/q-1;;. The molecule has 2 N–H and O–H groups in total. The van der Waals surface area contributed by atoms with Gasteiger partial charge in [-0.1, -0.05) is 20.8 Å². The Labute approximate surface area is 81.7 Å². The van der Waals surface area contributed by atoms with E-state index in [-0.39, 0.29) is 21.1 Å². The van der Waals surface area contributed by atoms with Crippen LogP contribution in [0, 0.1) is 13.1 Å².